The Bertz CT molecular complexity index is 4890. The summed E-state index contributed by atoms with van der Waals surface area (Å²) in [6, 6.07) is 93.6. The molecule has 3 heterocycles. The topological polar surface area (TPSA) is 35.6 Å². The molecular weight excluding hydrogens is 969 g/mol. The minimum atomic E-state index is -0.114. The maximum Gasteiger partial charge on any atom is 0.235 e. The Kier molecular flexibility index (Phi) is 9.99. The molecule has 4 heteroatoms. The van der Waals surface area contributed by atoms with Gasteiger partial charge in [-0.15, -0.1) is 0 Å². The van der Waals surface area contributed by atoms with E-state index in [1.807, 2.05) is 0 Å². The summed E-state index contributed by atoms with van der Waals surface area (Å²) in [5.74, 6) is 0.613. The van der Waals surface area contributed by atoms with Crippen LogP contribution in [-0.2, 0) is 10.8 Å². The highest BCUT2D eigenvalue weighted by atomic mass is 15.2. The predicted octanol–water partition coefficient (Wildman–Crippen LogP) is 19.6. The standard InChI is InChI=1S/C76H54N4/c1-75(2)64-29-14-10-24-55(64)57-37-33-48(42-66(57)75)50-35-39-62-60-27-12-16-31-70(60)79(72(62)44-50)53-22-18-21-52(41-53)68-46-69(59-26-9-8-23-54(59)47-19-6-5-7-20-47)78-74(77-68)80-71-32-17-13-28-61(71)63-40-36-51(45-73(63)80)49-34-38-58-56-25-11-15-30-65(56)76(3,4)67(58)43-49/h5-46H,1-4H3. The first-order chi connectivity index (χ1) is 39.2. The fraction of sp³-hybridized carbons (Fsp3) is 0.0789. The van der Waals surface area contributed by atoms with Gasteiger partial charge in [0.1, 0.15) is 0 Å². The van der Waals surface area contributed by atoms with Crippen LogP contribution in [0.2, 0.25) is 0 Å². The molecule has 0 saturated heterocycles. The van der Waals surface area contributed by atoms with Gasteiger partial charge in [-0.05, 0) is 132 Å². The minimum Gasteiger partial charge on any atom is -0.309 e. The molecule has 0 bridgehead atoms. The van der Waals surface area contributed by atoms with Gasteiger partial charge >= 0.3 is 0 Å². The second-order valence-electron chi connectivity index (χ2n) is 22.9. The van der Waals surface area contributed by atoms with E-state index < -0.39 is 0 Å². The van der Waals surface area contributed by atoms with Crippen LogP contribution in [0.5, 0.6) is 0 Å². The lowest BCUT2D eigenvalue weighted by molar-refractivity contribution is 0.660. The van der Waals surface area contributed by atoms with Crippen molar-refractivity contribution in [3.63, 3.8) is 0 Å². The number of para-hydroxylation sites is 2. The van der Waals surface area contributed by atoms with E-state index in [1.165, 1.54) is 72.0 Å². The maximum absolute atomic E-state index is 5.66. The van der Waals surface area contributed by atoms with Crippen LogP contribution >= 0.6 is 0 Å². The molecule has 0 spiro atoms. The number of benzene rings is 11. The molecule has 80 heavy (non-hydrogen) atoms. The molecule has 0 fully saturated rings. The molecule has 16 rings (SSSR count). The van der Waals surface area contributed by atoms with Gasteiger partial charge in [0.05, 0.1) is 33.5 Å². The Morgan fingerprint density at radius 2 is 0.700 bits per heavy atom. The SMILES string of the molecule is CC1(C)c2ccccc2-c2ccc(-c3ccc4c5ccccc5n(-c5cccc(-c6cc(-c7ccccc7-c7ccccc7)nc(-n7c8ccccc8c8ccc(-c9ccc%10c(c9)C(C)(C)c9ccccc9-%10)cc87)n6)c5)c4c3)cc21. The average Bonchev–Trinajstić information content (AvgIpc) is 4.17. The average molecular weight is 1020 g/mol. The van der Waals surface area contributed by atoms with Crippen molar-refractivity contribution in [1.82, 2.24) is 19.1 Å². The van der Waals surface area contributed by atoms with Crippen molar-refractivity contribution in [3.8, 4) is 89.8 Å². The summed E-state index contributed by atoms with van der Waals surface area (Å²) in [6.07, 6.45) is 0. The van der Waals surface area contributed by atoms with Crippen molar-refractivity contribution in [2.75, 3.05) is 0 Å². The van der Waals surface area contributed by atoms with Crippen LogP contribution in [0.25, 0.3) is 133 Å². The fourth-order valence-electron chi connectivity index (χ4n) is 13.8. The van der Waals surface area contributed by atoms with Gasteiger partial charge in [-0.25, -0.2) is 9.97 Å². The molecule has 0 amide bonds. The summed E-state index contributed by atoms with van der Waals surface area (Å²) in [4.78, 5) is 11.3. The van der Waals surface area contributed by atoms with E-state index in [2.05, 4.69) is 292 Å². The summed E-state index contributed by atoms with van der Waals surface area (Å²) in [7, 11) is 0. The molecule has 0 aliphatic heterocycles. The Hall–Kier alpha value is -9.90. The number of rotatable bonds is 7. The van der Waals surface area contributed by atoms with E-state index in [0.717, 1.165) is 77.7 Å². The number of aromatic nitrogens is 4. The first kappa shape index (κ1) is 46.2. The molecule has 0 N–H and O–H groups in total. The summed E-state index contributed by atoms with van der Waals surface area (Å²) in [5, 5.41) is 4.74. The van der Waals surface area contributed by atoms with Gasteiger partial charge in [-0.2, -0.15) is 0 Å². The molecule has 0 atom stereocenters. The van der Waals surface area contributed by atoms with Gasteiger partial charge in [0.25, 0.3) is 0 Å². The van der Waals surface area contributed by atoms with Crippen molar-refractivity contribution in [1.29, 1.82) is 0 Å². The number of nitrogens with zero attached hydrogens (tertiary/aromatic N) is 4. The number of fused-ring (bicyclic) bond motifs is 12. The van der Waals surface area contributed by atoms with E-state index in [-0.39, 0.29) is 10.8 Å². The molecule has 3 aromatic heterocycles. The lowest BCUT2D eigenvalue weighted by atomic mass is 9.81. The van der Waals surface area contributed by atoms with Crippen LogP contribution in [0.1, 0.15) is 49.9 Å². The second kappa shape index (κ2) is 17.3. The third-order valence-electron chi connectivity index (χ3n) is 17.8. The number of hydrogen-bond acceptors (Lipinski definition) is 2. The Morgan fingerprint density at radius 3 is 1.31 bits per heavy atom. The molecule has 0 saturated carbocycles. The van der Waals surface area contributed by atoms with Gasteiger partial charge < -0.3 is 4.57 Å². The lowest BCUT2D eigenvalue weighted by Crippen LogP contribution is -2.14. The van der Waals surface area contributed by atoms with Gasteiger partial charge in [-0.3, -0.25) is 4.57 Å². The van der Waals surface area contributed by atoms with Crippen LogP contribution in [0.3, 0.4) is 0 Å². The van der Waals surface area contributed by atoms with E-state index in [1.54, 1.807) is 0 Å². The quantitative estimate of drug-likeness (QED) is 0.159. The predicted molar refractivity (Wildman–Crippen MR) is 333 cm³/mol. The molecule has 14 aromatic rings. The van der Waals surface area contributed by atoms with Crippen molar-refractivity contribution < 1.29 is 0 Å². The van der Waals surface area contributed by atoms with Gasteiger partial charge in [-0.1, -0.05) is 228 Å². The van der Waals surface area contributed by atoms with Gasteiger partial charge in [0.2, 0.25) is 5.95 Å². The zero-order valence-corrected chi connectivity index (χ0v) is 45.0. The van der Waals surface area contributed by atoms with E-state index in [9.17, 15) is 0 Å². The van der Waals surface area contributed by atoms with Gasteiger partial charge in [0, 0.05) is 49.2 Å². The van der Waals surface area contributed by atoms with Crippen molar-refractivity contribution in [2.45, 2.75) is 38.5 Å². The van der Waals surface area contributed by atoms with Crippen LogP contribution in [0, 0.1) is 0 Å². The molecule has 0 unspecified atom stereocenters. The third-order valence-corrected chi connectivity index (χ3v) is 17.8. The van der Waals surface area contributed by atoms with Crippen LogP contribution in [-0.4, -0.2) is 19.1 Å². The zero-order chi connectivity index (χ0) is 53.4. The monoisotopic (exact) mass is 1020 g/mol. The first-order valence-corrected chi connectivity index (χ1v) is 27.9. The summed E-state index contributed by atoms with van der Waals surface area (Å²) >= 11 is 0. The minimum absolute atomic E-state index is 0.0929. The Balaban J connectivity index is 0.880. The van der Waals surface area contributed by atoms with E-state index >= 15 is 0 Å². The largest absolute Gasteiger partial charge is 0.309 e. The molecule has 11 aromatic carbocycles. The Labute approximate surface area is 465 Å². The smallest absolute Gasteiger partial charge is 0.235 e. The molecule has 0 radical (unpaired) electrons. The molecule has 2 aliphatic carbocycles. The lowest BCUT2D eigenvalue weighted by Gasteiger charge is -2.22. The summed E-state index contributed by atoms with van der Waals surface area (Å²) < 4.78 is 4.72. The molecule has 2 aliphatic rings. The summed E-state index contributed by atoms with van der Waals surface area (Å²) in [6.45, 7) is 9.42. The maximum atomic E-state index is 5.66. The molecule has 378 valence electrons. The summed E-state index contributed by atoms with van der Waals surface area (Å²) in [5.41, 5.74) is 26.8. The second-order valence-corrected chi connectivity index (χ2v) is 22.9. The highest BCUT2D eigenvalue weighted by Crippen LogP contribution is 2.52. The van der Waals surface area contributed by atoms with Gasteiger partial charge in [0.15, 0.2) is 0 Å². The zero-order valence-electron chi connectivity index (χ0n) is 45.0. The fourth-order valence-corrected chi connectivity index (χ4v) is 13.8. The van der Waals surface area contributed by atoms with Crippen molar-refractivity contribution >= 4 is 43.6 Å². The first-order valence-electron chi connectivity index (χ1n) is 27.9. The van der Waals surface area contributed by atoms with Crippen LogP contribution in [0.4, 0.5) is 0 Å². The van der Waals surface area contributed by atoms with Crippen LogP contribution < -0.4 is 0 Å². The Morgan fingerprint density at radius 1 is 0.263 bits per heavy atom. The highest BCUT2D eigenvalue weighted by Gasteiger charge is 2.37. The molecular formula is C76H54N4. The van der Waals surface area contributed by atoms with Crippen molar-refractivity contribution in [3.05, 3.63) is 277 Å². The van der Waals surface area contributed by atoms with E-state index in [0.29, 0.717) is 5.95 Å². The normalized spacial score (nSPS) is 13.7. The third kappa shape index (κ3) is 6.88. The molecule has 4 nitrogen and oxygen atoms in total. The van der Waals surface area contributed by atoms with E-state index in [4.69, 9.17) is 9.97 Å². The highest BCUT2D eigenvalue weighted by molar-refractivity contribution is 6.11. The van der Waals surface area contributed by atoms with Crippen molar-refractivity contribution in [2.24, 2.45) is 0 Å². The number of hydrogen-bond donors (Lipinski definition) is 0. The van der Waals surface area contributed by atoms with Crippen LogP contribution in [0.15, 0.2) is 255 Å².